The molecule has 17 nitrogen and oxygen atoms in total. The highest BCUT2D eigenvalue weighted by molar-refractivity contribution is 7.47. The number of aliphatic hydroxyl groups is 1. The lowest BCUT2D eigenvalue weighted by atomic mass is 9.99. The third-order valence-electron chi connectivity index (χ3n) is 12.8. The van der Waals surface area contributed by atoms with Crippen molar-refractivity contribution in [3.8, 4) is 0 Å². The molecule has 0 aromatic carbocycles. The quantitative estimate of drug-likeness (QED) is 0.0222. The minimum Gasteiger partial charge on any atom is -0.462 e. The van der Waals surface area contributed by atoms with Crippen molar-refractivity contribution in [3.05, 3.63) is 0 Å². The molecule has 74 heavy (non-hydrogen) atoms. The van der Waals surface area contributed by atoms with Gasteiger partial charge in [0.25, 0.3) is 0 Å². The molecule has 0 heterocycles. The van der Waals surface area contributed by atoms with Crippen molar-refractivity contribution in [3.63, 3.8) is 0 Å². The predicted molar refractivity (Wildman–Crippen MR) is 289 cm³/mol. The van der Waals surface area contributed by atoms with Crippen LogP contribution in [0.15, 0.2) is 0 Å². The number of carbonyl (C=O) groups is 4. The first-order valence-electron chi connectivity index (χ1n) is 29.0. The van der Waals surface area contributed by atoms with Gasteiger partial charge in [0.1, 0.15) is 19.3 Å². The largest absolute Gasteiger partial charge is 0.472 e. The van der Waals surface area contributed by atoms with E-state index in [-0.39, 0.29) is 25.7 Å². The van der Waals surface area contributed by atoms with Crippen LogP contribution < -0.4 is 0 Å². The molecule has 0 radical (unpaired) electrons. The van der Waals surface area contributed by atoms with E-state index in [2.05, 4.69) is 41.5 Å². The zero-order valence-corrected chi connectivity index (χ0v) is 48.9. The molecular weight excluding hydrogens is 995 g/mol. The summed E-state index contributed by atoms with van der Waals surface area (Å²) in [6.45, 7) is 9.21. The van der Waals surface area contributed by atoms with Crippen LogP contribution >= 0.6 is 15.6 Å². The van der Waals surface area contributed by atoms with Crippen LogP contribution in [0.4, 0.5) is 0 Å². The van der Waals surface area contributed by atoms with Crippen molar-refractivity contribution < 1.29 is 80.2 Å². The van der Waals surface area contributed by atoms with E-state index in [9.17, 15) is 43.2 Å². The molecule has 0 bridgehead atoms. The van der Waals surface area contributed by atoms with Gasteiger partial charge in [0.05, 0.1) is 26.4 Å². The molecule has 0 rings (SSSR count). The molecule has 0 aliphatic heterocycles. The van der Waals surface area contributed by atoms with Crippen molar-refractivity contribution >= 4 is 39.5 Å². The summed E-state index contributed by atoms with van der Waals surface area (Å²) in [5.41, 5.74) is 0. The van der Waals surface area contributed by atoms with Gasteiger partial charge in [0, 0.05) is 25.7 Å². The zero-order chi connectivity index (χ0) is 55.1. The van der Waals surface area contributed by atoms with Gasteiger partial charge >= 0.3 is 39.5 Å². The van der Waals surface area contributed by atoms with E-state index in [4.69, 9.17) is 37.0 Å². The highest BCUT2D eigenvalue weighted by Gasteiger charge is 2.30. The molecule has 0 fully saturated rings. The highest BCUT2D eigenvalue weighted by atomic mass is 31.2. The number of hydrogen-bond acceptors (Lipinski definition) is 15. The number of unbranched alkanes of at least 4 members (excludes halogenated alkanes) is 23. The standard InChI is InChI=1S/C55H106O17P2/c1-7-10-12-14-15-19-27-33-39-54(59)71-50(43-65-52(57)37-31-23-13-11-8-2)45-69-73(61,62)67-41-49(56)42-68-74(63,64)70-46-51(44-66-53(58)38-32-26-22-21-24-29-35-47(4)5)72-55(60)40-34-28-20-17-16-18-25-30-36-48(6)9-3/h47-51,56H,7-46H2,1-6H3,(H,61,62)(H,63,64)/t48?,49-,50+,51+/m0/s1. The number of aliphatic hydroxyl groups excluding tert-OH is 1. The first-order valence-corrected chi connectivity index (χ1v) is 32.0. The molecule has 0 saturated heterocycles. The molecular formula is C55H106O17P2. The van der Waals surface area contributed by atoms with Crippen LogP contribution in [-0.2, 0) is 65.4 Å². The van der Waals surface area contributed by atoms with E-state index in [1.807, 2.05) is 0 Å². The Labute approximate surface area is 447 Å². The number of hydrogen-bond donors (Lipinski definition) is 3. The summed E-state index contributed by atoms with van der Waals surface area (Å²) in [4.78, 5) is 71.4. The monoisotopic (exact) mass is 1100 g/mol. The van der Waals surface area contributed by atoms with Crippen molar-refractivity contribution in [2.75, 3.05) is 39.6 Å². The van der Waals surface area contributed by atoms with Gasteiger partial charge in [0.2, 0.25) is 0 Å². The average Bonchev–Trinajstić information content (AvgIpc) is 3.36. The topological polar surface area (TPSA) is 237 Å². The number of phosphoric ester groups is 2. The summed E-state index contributed by atoms with van der Waals surface area (Å²) in [6.07, 6.45) is 27.1. The Hall–Kier alpha value is -1.94. The second-order valence-corrected chi connectivity index (χ2v) is 23.6. The van der Waals surface area contributed by atoms with E-state index >= 15 is 0 Å². The first-order chi connectivity index (χ1) is 35.4. The lowest BCUT2D eigenvalue weighted by Crippen LogP contribution is -2.30. The predicted octanol–water partition coefficient (Wildman–Crippen LogP) is 14.1. The third kappa shape index (κ3) is 48.4. The Balaban J connectivity index is 5.19. The normalized spacial score (nSPS) is 14.9. The number of esters is 4. The molecule has 0 saturated carbocycles. The van der Waals surface area contributed by atoms with Crippen LogP contribution in [0.1, 0.15) is 260 Å². The van der Waals surface area contributed by atoms with Gasteiger partial charge < -0.3 is 33.8 Å². The number of phosphoric acid groups is 2. The molecule has 0 aliphatic carbocycles. The van der Waals surface area contributed by atoms with Gasteiger partial charge in [-0.3, -0.25) is 37.3 Å². The molecule has 0 aromatic heterocycles. The SMILES string of the molecule is CCCCCCCCCCC(=O)O[C@H](COC(=O)CCCCCCC)COP(=O)(O)OC[C@H](O)COP(=O)(O)OC[C@@H](COC(=O)CCCCCCCCC(C)C)OC(=O)CCCCCCCCCCC(C)CC. The Morgan fingerprint density at radius 1 is 0.392 bits per heavy atom. The fourth-order valence-electron chi connectivity index (χ4n) is 7.91. The lowest BCUT2D eigenvalue weighted by molar-refractivity contribution is -0.161. The molecule has 0 aliphatic rings. The van der Waals surface area contributed by atoms with Crippen LogP contribution in [0.25, 0.3) is 0 Å². The number of carbonyl (C=O) groups excluding carboxylic acids is 4. The summed E-state index contributed by atoms with van der Waals surface area (Å²) in [7, 11) is -9.86. The lowest BCUT2D eigenvalue weighted by Gasteiger charge is -2.21. The van der Waals surface area contributed by atoms with E-state index in [0.717, 1.165) is 115 Å². The van der Waals surface area contributed by atoms with E-state index in [1.54, 1.807) is 0 Å². The van der Waals surface area contributed by atoms with Gasteiger partial charge in [-0.15, -0.1) is 0 Å². The van der Waals surface area contributed by atoms with E-state index < -0.39 is 97.5 Å². The Morgan fingerprint density at radius 2 is 0.689 bits per heavy atom. The fraction of sp³-hybridized carbons (Fsp3) is 0.927. The summed E-state index contributed by atoms with van der Waals surface area (Å²) in [5, 5.41) is 10.4. The maximum absolute atomic E-state index is 12.9. The fourth-order valence-corrected chi connectivity index (χ4v) is 9.49. The average molecular weight is 1100 g/mol. The Morgan fingerprint density at radius 3 is 1.03 bits per heavy atom. The van der Waals surface area contributed by atoms with Crippen LogP contribution in [0.5, 0.6) is 0 Å². The molecule has 3 unspecified atom stereocenters. The highest BCUT2D eigenvalue weighted by Crippen LogP contribution is 2.45. The zero-order valence-electron chi connectivity index (χ0n) is 47.1. The number of ether oxygens (including phenoxy) is 4. The van der Waals surface area contributed by atoms with Crippen molar-refractivity contribution in [1.82, 2.24) is 0 Å². The van der Waals surface area contributed by atoms with Crippen LogP contribution in [-0.4, -0.2) is 96.7 Å². The van der Waals surface area contributed by atoms with Crippen molar-refractivity contribution in [2.24, 2.45) is 11.8 Å². The summed E-state index contributed by atoms with van der Waals surface area (Å²) >= 11 is 0. The maximum Gasteiger partial charge on any atom is 0.472 e. The second-order valence-electron chi connectivity index (χ2n) is 20.7. The van der Waals surface area contributed by atoms with E-state index in [0.29, 0.717) is 31.6 Å². The molecule has 0 amide bonds. The van der Waals surface area contributed by atoms with Crippen LogP contribution in [0.2, 0.25) is 0 Å². The first kappa shape index (κ1) is 72.1. The van der Waals surface area contributed by atoms with Gasteiger partial charge in [-0.1, -0.05) is 208 Å². The summed E-state index contributed by atoms with van der Waals surface area (Å²) < 4.78 is 67.3. The van der Waals surface area contributed by atoms with E-state index in [1.165, 1.54) is 57.8 Å². The number of rotatable bonds is 54. The van der Waals surface area contributed by atoms with Crippen molar-refractivity contribution in [1.29, 1.82) is 0 Å². The second kappa shape index (κ2) is 48.2. The summed E-state index contributed by atoms with van der Waals surface area (Å²) in [5.74, 6) is -0.714. The smallest absolute Gasteiger partial charge is 0.462 e. The Kier molecular flexibility index (Phi) is 46.9. The Bertz CT molecular complexity index is 1480. The maximum atomic E-state index is 12.9. The minimum absolute atomic E-state index is 0.103. The molecule has 0 spiro atoms. The van der Waals surface area contributed by atoms with Crippen LogP contribution in [0.3, 0.4) is 0 Å². The van der Waals surface area contributed by atoms with Gasteiger partial charge in [-0.2, -0.15) is 0 Å². The minimum atomic E-state index is -4.93. The van der Waals surface area contributed by atoms with Gasteiger partial charge in [-0.05, 0) is 37.5 Å². The molecule has 0 aromatic rings. The molecule has 438 valence electrons. The molecule has 6 atom stereocenters. The third-order valence-corrected chi connectivity index (χ3v) is 14.7. The van der Waals surface area contributed by atoms with Gasteiger partial charge in [0.15, 0.2) is 12.2 Å². The summed E-state index contributed by atoms with van der Waals surface area (Å²) in [6, 6.07) is 0. The van der Waals surface area contributed by atoms with Crippen LogP contribution in [0, 0.1) is 11.8 Å². The van der Waals surface area contributed by atoms with Crippen molar-refractivity contribution in [2.45, 2.75) is 278 Å². The van der Waals surface area contributed by atoms with Gasteiger partial charge in [-0.25, -0.2) is 9.13 Å². The molecule has 19 heteroatoms. The molecule has 3 N–H and O–H groups in total.